The van der Waals surface area contributed by atoms with Gasteiger partial charge in [-0.1, -0.05) is 13.8 Å². The molecule has 12 heteroatoms. The number of carbonyl (C=O) groups excluding carboxylic acids is 3. The second kappa shape index (κ2) is 11.7. The van der Waals surface area contributed by atoms with Crippen LogP contribution in [-0.2, 0) is 24.0 Å². The average molecular weight is 447 g/mol. The fourth-order valence-corrected chi connectivity index (χ4v) is 3.30. The molecule has 0 aromatic rings. The van der Waals surface area contributed by atoms with Crippen LogP contribution in [0.4, 0.5) is 0 Å². The first-order valence-electron chi connectivity index (χ1n) is 9.71. The van der Waals surface area contributed by atoms with Crippen molar-refractivity contribution in [3.8, 4) is 0 Å². The van der Waals surface area contributed by atoms with E-state index in [4.69, 9.17) is 10.8 Å². The van der Waals surface area contributed by atoms with Crippen molar-refractivity contribution in [1.82, 2.24) is 15.5 Å². The fraction of sp³-hybridized carbons (Fsp3) is 0.722. The van der Waals surface area contributed by atoms with E-state index in [-0.39, 0.29) is 24.6 Å². The zero-order valence-corrected chi connectivity index (χ0v) is 17.9. The first kappa shape index (κ1) is 25.7. The first-order valence-corrected chi connectivity index (χ1v) is 10.3. The minimum atomic E-state index is -1.37. The molecule has 0 radical (unpaired) electrons. The Hall–Kier alpha value is -2.34. The molecule has 0 saturated carbocycles. The average Bonchev–Trinajstić information content (AvgIpc) is 3.17. The molecule has 0 aliphatic carbocycles. The number of hydrogen-bond donors (Lipinski definition) is 6. The van der Waals surface area contributed by atoms with Gasteiger partial charge in [0.15, 0.2) is 0 Å². The van der Waals surface area contributed by atoms with Crippen LogP contribution in [0.15, 0.2) is 0 Å². The maximum atomic E-state index is 13.1. The van der Waals surface area contributed by atoms with Gasteiger partial charge in [0.1, 0.15) is 18.1 Å². The van der Waals surface area contributed by atoms with Crippen LogP contribution in [0.5, 0.6) is 0 Å². The summed E-state index contributed by atoms with van der Waals surface area (Å²) in [5.74, 6) is -4.36. The quantitative estimate of drug-likeness (QED) is 0.214. The van der Waals surface area contributed by atoms with E-state index in [1.807, 2.05) is 0 Å². The van der Waals surface area contributed by atoms with E-state index in [2.05, 4.69) is 23.3 Å². The number of thiol groups is 1. The predicted molar refractivity (Wildman–Crippen MR) is 110 cm³/mol. The number of rotatable bonds is 11. The Kier molecular flexibility index (Phi) is 10.1. The van der Waals surface area contributed by atoms with Gasteiger partial charge in [0, 0.05) is 18.7 Å². The molecule has 1 saturated heterocycles. The highest BCUT2D eigenvalue weighted by atomic mass is 32.1. The second-order valence-corrected chi connectivity index (χ2v) is 7.91. The molecule has 1 rings (SSSR count). The molecule has 1 aliphatic heterocycles. The van der Waals surface area contributed by atoms with Gasteiger partial charge in [-0.2, -0.15) is 12.6 Å². The Bertz CT molecular complexity index is 673. The van der Waals surface area contributed by atoms with Crippen LogP contribution in [0.25, 0.3) is 0 Å². The molecule has 4 atom stereocenters. The number of likely N-dealkylation sites (tertiary alicyclic amines) is 1. The highest BCUT2D eigenvalue weighted by molar-refractivity contribution is 7.80. The Morgan fingerprint density at radius 2 is 1.80 bits per heavy atom. The van der Waals surface area contributed by atoms with E-state index < -0.39 is 60.2 Å². The Morgan fingerprint density at radius 1 is 1.17 bits per heavy atom. The molecular weight excluding hydrogens is 416 g/mol. The highest BCUT2D eigenvalue weighted by Gasteiger charge is 2.39. The molecule has 6 N–H and O–H groups in total. The molecule has 3 amide bonds. The number of aliphatic carboxylic acids is 2. The third-order valence-corrected chi connectivity index (χ3v) is 5.26. The van der Waals surface area contributed by atoms with Gasteiger partial charge >= 0.3 is 11.9 Å². The predicted octanol–water partition coefficient (Wildman–Crippen LogP) is -1.19. The van der Waals surface area contributed by atoms with Gasteiger partial charge < -0.3 is 31.5 Å². The van der Waals surface area contributed by atoms with Gasteiger partial charge in [0.2, 0.25) is 17.7 Å². The van der Waals surface area contributed by atoms with Crippen LogP contribution >= 0.6 is 12.6 Å². The van der Waals surface area contributed by atoms with E-state index in [9.17, 15) is 29.1 Å². The van der Waals surface area contributed by atoms with Crippen molar-refractivity contribution < 1.29 is 34.2 Å². The lowest BCUT2D eigenvalue weighted by Crippen LogP contribution is -2.58. The number of nitrogens with one attached hydrogen (secondary N) is 2. The summed E-state index contributed by atoms with van der Waals surface area (Å²) in [6.07, 6.45) is 0.171. The minimum absolute atomic E-state index is 0.104. The summed E-state index contributed by atoms with van der Waals surface area (Å²) < 4.78 is 0. The lowest BCUT2D eigenvalue weighted by molar-refractivity contribution is -0.145. The molecule has 0 aromatic heterocycles. The van der Waals surface area contributed by atoms with Gasteiger partial charge in [-0.3, -0.25) is 19.2 Å². The van der Waals surface area contributed by atoms with E-state index in [1.165, 1.54) is 4.90 Å². The van der Waals surface area contributed by atoms with Crippen LogP contribution in [0.1, 0.15) is 39.5 Å². The zero-order chi connectivity index (χ0) is 23.0. The molecule has 0 spiro atoms. The summed E-state index contributed by atoms with van der Waals surface area (Å²) in [4.78, 5) is 61.2. The number of hydrogen-bond acceptors (Lipinski definition) is 7. The highest BCUT2D eigenvalue weighted by Crippen LogP contribution is 2.21. The fourth-order valence-electron chi connectivity index (χ4n) is 3.13. The van der Waals surface area contributed by atoms with Crippen molar-refractivity contribution in [2.75, 3.05) is 12.3 Å². The lowest BCUT2D eigenvalue weighted by Gasteiger charge is -2.31. The molecule has 4 unspecified atom stereocenters. The van der Waals surface area contributed by atoms with Gasteiger partial charge in [-0.05, 0) is 25.2 Å². The number of carboxylic acid groups (broad SMARTS) is 2. The molecule has 0 bridgehead atoms. The topological polar surface area (TPSA) is 179 Å². The Morgan fingerprint density at radius 3 is 2.30 bits per heavy atom. The van der Waals surface area contributed by atoms with Crippen LogP contribution in [0, 0.1) is 5.92 Å². The second-order valence-electron chi connectivity index (χ2n) is 7.54. The summed E-state index contributed by atoms with van der Waals surface area (Å²) in [6, 6.07) is -4.06. The number of carbonyl (C=O) groups is 5. The molecule has 11 nitrogen and oxygen atoms in total. The van der Waals surface area contributed by atoms with Crippen molar-refractivity contribution in [2.45, 2.75) is 63.7 Å². The Balaban J connectivity index is 2.90. The van der Waals surface area contributed by atoms with Gasteiger partial charge in [-0.25, -0.2) is 4.79 Å². The van der Waals surface area contributed by atoms with E-state index in [0.29, 0.717) is 12.8 Å². The molecule has 1 heterocycles. The molecule has 1 fully saturated rings. The van der Waals surface area contributed by atoms with Crippen molar-refractivity contribution >= 4 is 42.3 Å². The van der Waals surface area contributed by atoms with Crippen LogP contribution < -0.4 is 16.4 Å². The minimum Gasteiger partial charge on any atom is -0.481 e. The molecular formula is C18H30N4O7S. The number of nitrogens with zero attached hydrogens (tertiary/aromatic N) is 1. The number of nitrogens with two attached hydrogens (primary N) is 1. The third-order valence-electron chi connectivity index (χ3n) is 4.86. The normalized spacial score (nSPS) is 19.1. The monoisotopic (exact) mass is 446 g/mol. The van der Waals surface area contributed by atoms with E-state index in [0.717, 1.165) is 0 Å². The summed E-state index contributed by atoms with van der Waals surface area (Å²) in [7, 11) is 0. The van der Waals surface area contributed by atoms with Crippen LogP contribution in [0.2, 0.25) is 0 Å². The lowest BCUT2D eigenvalue weighted by atomic mass is 10.0. The number of amides is 3. The Labute approximate surface area is 180 Å². The van der Waals surface area contributed by atoms with Crippen molar-refractivity contribution in [3.05, 3.63) is 0 Å². The van der Waals surface area contributed by atoms with Gasteiger partial charge in [0.25, 0.3) is 0 Å². The van der Waals surface area contributed by atoms with Crippen LogP contribution in [-0.4, -0.2) is 81.2 Å². The summed E-state index contributed by atoms with van der Waals surface area (Å²) in [6.45, 7) is 3.76. The largest absolute Gasteiger partial charge is 0.481 e. The molecule has 1 aliphatic rings. The maximum Gasteiger partial charge on any atom is 0.326 e. The molecule has 170 valence electrons. The smallest absolute Gasteiger partial charge is 0.326 e. The van der Waals surface area contributed by atoms with Gasteiger partial charge in [0.05, 0.1) is 6.04 Å². The zero-order valence-electron chi connectivity index (χ0n) is 17.0. The van der Waals surface area contributed by atoms with Crippen molar-refractivity contribution in [3.63, 3.8) is 0 Å². The van der Waals surface area contributed by atoms with Crippen molar-refractivity contribution in [2.24, 2.45) is 11.7 Å². The maximum absolute atomic E-state index is 13.1. The van der Waals surface area contributed by atoms with Crippen LogP contribution in [0.3, 0.4) is 0 Å². The molecule has 0 aromatic carbocycles. The SMILES string of the molecule is CC(C)C(NC(=O)C(N)CS)C(=O)N1CCCC1C(=O)NC(CCC(=O)O)C(=O)O. The standard InChI is InChI=1S/C18H30N4O7S/c1-9(2)14(21-15(25)10(19)8-30)17(27)22-7-3-4-12(22)16(26)20-11(18(28)29)5-6-13(23)24/h9-12,14,30H,3-8,19H2,1-2H3,(H,20,26)(H,21,25)(H,23,24)(H,28,29). The van der Waals surface area contributed by atoms with Crippen molar-refractivity contribution in [1.29, 1.82) is 0 Å². The third kappa shape index (κ3) is 7.17. The number of carboxylic acids is 2. The van der Waals surface area contributed by atoms with E-state index in [1.54, 1.807) is 13.8 Å². The van der Waals surface area contributed by atoms with Gasteiger partial charge in [-0.15, -0.1) is 0 Å². The summed E-state index contributed by atoms with van der Waals surface area (Å²) in [5.41, 5.74) is 5.65. The summed E-state index contributed by atoms with van der Waals surface area (Å²) >= 11 is 3.97. The first-order chi connectivity index (χ1) is 14.0. The summed E-state index contributed by atoms with van der Waals surface area (Å²) in [5, 5.41) is 22.9. The van der Waals surface area contributed by atoms with E-state index >= 15 is 0 Å². The molecule has 30 heavy (non-hydrogen) atoms.